The molecule has 0 amide bonds. The lowest BCUT2D eigenvalue weighted by atomic mass is 10.0. The predicted molar refractivity (Wildman–Crippen MR) is 100 cm³/mol. The Labute approximate surface area is 148 Å². The lowest BCUT2D eigenvalue weighted by Crippen LogP contribution is -1.83. The molecule has 0 N–H and O–H groups in total. The zero-order chi connectivity index (χ0) is 17.7. The topological polar surface area (TPSA) is 23.8 Å². The summed E-state index contributed by atoms with van der Waals surface area (Å²) in [5.74, 6) is 23.0. The highest BCUT2D eigenvalue weighted by molar-refractivity contribution is 5.64. The molecule has 0 aliphatic rings. The second kappa shape index (κ2) is 9.69. The third kappa shape index (κ3) is 5.79. The number of hydrogen-bond acceptors (Lipinski definition) is 1. The highest BCUT2D eigenvalue weighted by atomic mass is 14.2. The Morgan fingerprint density at radius 1 is 0.680 bits per heavy atom. The van der Waals surface area contributed by atoms with E-state index < -0.39 is 0 Å². The molecule has 0 heterocycles. The predicted octanol–water partition coefficient (Wildman–Crippen LogP) is 3.41. The van der Waals surface area contributed by atoms with Gasteiger partial charge in [0.25, 0.3) is 0 Å². The second-order valence-corrected chi connectivity index (χ2v) is 4.75. The van der Waals surface area contributed by atoms with E-state index in [1.54, 1.807) is 0 Å². The Morgan fingerprint density at radius 2 is 1.20 bits per heavy atom. The third-order valence-electron chi connectivity index (χ3n) is 3.11. The minimum absolute atomic E-state index is 0.427. The summed E-state index contributed by atoms with van der Waals surface area (Å²) in [4.78, 5) is 0. The molecule has 1 heteroatoms. The van der Waals surface area contributed by atoms with E-state index in [2.05, 4.69) is 59.4 Å². The lowest BCUT2D eigenvalue weighted by Gasteiger charge is -2.02. The average molecular weight is 313 g/mol. The maximum absolute atomic E-state index is 8.70. The Hall–Kier alpha value is -4.27. The fourth-order valence-corrected chi connectivity index (χ4v) is 1.95. The molecule has 0 aromatic heterocycles. The lowest BCUT2D eigenvalue weighted by molar-refractivity contribution is 1.26. The first kappa shape index (κ1) is 17.1. The van der Waals surface area contributed by atoms with Crippen LogP contribution in [0.25, 0.3) is 11.1 Å². The van der Waals surface area contributed by atoms with Gasteiger partial charge >= 0.3 is 0 Å². The molecule has 1 nitrogen and oxygen atoms in total. The molecular weight excluding hydrogens is 302 g/mol. The second-order valence-electron chi connectivity index (χ2n) is 4.75. The van der Waals surface area contributed by atoms with Crippen LogP contribution >= 0.6 is 0 Å². The molecule has 2 aromatic carbocycles. The first-order chi connectivity index (χ1) is 12.3. The molecule has 0 saturated heterocycles. The Balaban J connectivity index is 2.04. The van der Waals surface area contributed by atoms with Crippen LogP contribution < -0.4 is 0 Å². The van der Waals surface area contributed by atoms with E-state index in [9.17, 15) is 0 Å². The van der Waals surface area contributed by atoms with Crippen molar-refractivity contribution in [2.75, 3.05) is 0 Å². The zero-order valence-corrected chi connectivity index (χ0v) is 13.4. The maximum atomic E-state index is 8.70. The van der Waals surface area contributed by atoms with Crippen LogP contribution in [-0.4, -0.2) is 0 Å². The van der Waals surface area contributed by atoms with Crippen molar-refractivity contribution in [1.29, 1.82) is 5.26 Å². The molecule has 0 radical (unpaired) electrons. The molecule has 2 aromatic rings. The van der Waals surface area contributed by atoms with Crippen molar-refractivity contribution in [1.82, 2.24) is 0 Å². The van der Waals surface area contributed by atoms with Crippen molar-refractivity contribution >= 4 is 0 Å². The third-order valence-corrected chi connectivity index (χ3v) is 3.11. The van der Waals surface area contributed by atoms with Crippen molar-refractivity contribution in [3.05, 3.63) is 59.7 Å². The first-order valence-corrected chi connectivity index (χ1v) is 7.36. The molecule has 0 unspecified atom stereocenters. The largest absolute Gasteiger partial charge is 0.198 e. The Bertz CT molecular complexity index is 1070. The monoisotopic (exact) mass is 313 g/mol. The van der Waals surface area contributed by atoms with Gasteiger partial charge in [0.05, 0.1) is 12.5 Å². The summed E-state index contributed by atoms with van der Waals surface area (Å²) in [7, 11) is 0. The minimum atomic E-state index is 0.427. The summed E-state index contributed by atoms with van der Waals surface area (Å²) in [5.41, 5.74) is 4.09. The maximum Gasteiger partial charge on any atom is 0.0669 e. The fourth-order valence-electron chi connectivity index (χ4n) is 1.95. The summed E-state index contributed by atoms with van der Waals surface area (Å²) < 4.78 is 0. The van der Waals surface area contributed by atoms with Crippen molar-refractivity contribution < 1.29 is 0 Å². The summed E-state index contributed by atoms with van der Waals surface area (Å²) in [6.07, 6.45) is 5.39. The molecule has 112 valence electrons. The molecule has 0 fully saturated rings. The molecule has 0 aliphatic carbocycles. The molecule has 25 heavy (non-hydrogen) atoms. The van der Waals surface area contributed by atoms with Crippen LogP contribution in [0.15, 0.2) is 48.5 Å². The summed E-state index contributed by atoms with van der Waals surface area (Å²) in [6.45, 7) is 0. The van der Waals surface area contributed by atoms with Crippen LogP contribution in [0, 0.1) is 71.0 Å². The smallest absolute Gasteiger partial charge is 0.0669 e. The molecule has 0 aliphatic heterocycles. The number of benzene rings is 2. The van der Waals surface area contributed by atoms with Gasteiger partial charge in [-0.1, -0.05) is 42.3 Å². The SMILES string of the molecule is C#CC#CC#CC#CC#Cc1ccc(-c2ccc(CC#N)cc2)cc1. The van der Waals surface area contributed by atoms with Gasteiger partial charge in [0, 0.05) is 5.56 Å². The normalized spacial score (nSPS) is 7.60. The summed E-state index contributed by atoms with van der Waals surface area (Å²) in [5, 5.41) is 8.70. The molecule has 0 saturated carbocycles. The van der Waals surface area contributed by atoms with Gasteiger partial charge in [0.2, 0.25) is 0 Å². The molecule has 2 rings (SSSR count). The standard InChI is InChI=1S/C24H11N/c1-2-3-4-5-6-7-8-9-10-21-11-15-23(16-12-21)24-17-13-22(14-18-24)19-20-25/h1,11-18H,19H2. The first-order valence-electron chi connectivity index (χ1n) is 7.36. The molecule has 0 spiro atoms. The van der Waals surface area contributed by atoms with Gasteiger partial charge in [-0.2, -0.15) is 5.26 Å². The van der Waals surface area contributed by atoms with Gasteiger partial charge in [0.1, 0.15) is 0 Å². The highest BCUT2D eigenvalue weighted by Crippen LogP contribution is 2.20. The van der Waals surface area contributed by atoms with Crippen LogP contribution in [0.3, 0.4) is 0 Å². The van der Waals surface area contributed by atoms with Crippen LogP contribution in [0.2, 0.25) is 0 Å². The molecular formula is C24H11N. The van der Waals surface area contributed by atoms with Crippen LogP contribution in [-0.2, 0) is 6.42 Å². The fraction of sp³-hybridized carbons (Fsp3) is 0.0417. The number of hydrogen-bond donors (Lipinski definition) is 0. The van der Waals surface area contributed by atoms with E-state index in [-0.39, 0.29) is 0 Å². The van der Waals surface area contributed by atoms with E-state index in [1.807, 2.05) is 48.5 Å². The van der Waals surface area contributed by atoms with Gasteiger partial charge < -0.3 is 0 Å². The van der Waals surface area contributed by atoms with Gasteiger partial charge in [0.15, 0.2) is 0 Å². The number of terminal acetylenes is 1. The number of nitriles is 1. The summed E-state index contributed by atoms with van der Waals surface area (Å²) >= 11 is 0. The summed E-state index contributed by atoms with van der Waals surface area (Å²) in [6, 6.07) is 18.0. The van der Waals surface area contributed by atoms with Gasteiger partial charge in [-0.05, 0) is 76.2 Å². The van der Waals surface area contributed by atoms with E-state index in [0.717, 1.165) is 22.3 Å². The van der Waals surface area contributed by atoms with Crippen molar-refractivity contribution in [2.45, 2.75) is 6.42 Å². The number of rotatable bonds is 2. The molecule has 0 atom stereocenters. The quantitative estimate of drug-likeness (QED) is 0.780. The van der Waals surface area contributed by atoms with E-state index in [0.29, 0.717) is 6.42 Å². The van der Waals surface area contributed by atoms with Crippen LogP contribution in [0.1, 0.15) is 11.1 Å². The molecule has 0 bridgehead atoms. The Morgan fingerprint density at radius 3 is 1.76 bits per heavy atom. The van der Waals surface area contributed by atoms with Gasteiger partial charge in [-0.15, -0.1) is 6.42 Å². The van der Waals surface area contributed by atoms with Gasteiger partial charge in [-0.25, -0.2) is 0 Å². The van der Waals surface area contributed by atoms with Crippen molar-refractivity contribution in [2.24, 2.45) is 0 Å². The highest BCUT2D eigenvalue weighted by Gasteiger charge is 1.98. The zero-order valence-electron chi connectivity index (χ0n) is 13.4. The van der Waals surface area contributed by atoms with E-state index in [4.69, 9.17) is 11.7 Å². The van der Waals surface area contributed by atoms with Gasteiger partial charge in [-0.3, -0.25) is 0 Å². The number of nitrogens with zero attached hydrogens (tertiary/aromatic N) is 1. The van der Waals surface area contributed by atoms with Crippen molar-refractivity contribution in [3.8, 4) is 76.9 Å². The van der Waals surface area contributed by atoms with E-state index >= 15 is 0 Å². The minimum Gasteiger partial charge on any atom is -0.198 e. The van der Waals surface area contributed by atoms with E-state index in [1.165, 1.54) is 0 Å². The average Bonchev–Trinajstić information content (AvgIpc) is 2.65. The van der Waals surface area contributed by atoms with Crippen molar-refractivity contribution in [3.63, 3.8) is 0 Å². The van der Waals surface area contributed by atoms with Crippen LogP contribution in [0.4, 0.5) is 0 Å². The Kier molecular flexibility index (Phi) is 6.62. The van der Waals surface area contributed by atoms with Crippen LogP contribution in [0.5, 0.6) is 0 Å².